The number of para-hydroxylation sites is 1. The van der Waals surface area contributed by atoms with Crippen LogP contribution in [0.25, 0.3) is 0 Å². The maximum absolute atomic E-state index is 12.2. The predicted molar refractivity (Wildman–Crippen MR) is 94.7 cm³/mol. The summed E-state index contributed by atoms with van der Waals surface area (Å²) >= 11 is 0. The summed E-state index contributed by atoms with van der Waals surface area (Å²) in [5.41, 5.74) is 8.54. The van der Waals surface area contributed by atoms with Gasteiger partial charge in [0, 0.05) is 11.6 Å². The van der Waals surface area contributed by atoms with Crippen molar-refractivity contribution in [1.82, 2.24) is 5.32 Å². The van der Waals surface area contributed by atoms with Crippen LogP contribution in [0, 0.1) is 25.7 Å². The molecule has 0 heterocycles. The highest BCUT2D eigenvalue weighted by Crippen LogP contribution is 2.30. The first kappa shape index (κ1) is 19.5. The summed E-state index contributed by atoms with van der Waals surface area (Å²) < 4.78 is 0. The number of hydrogen-bond acceptors (Lipinski definition) is 3. The second kappa shape index (κ2) is 8.89. The van der Waals surface area contributed by atoms with Crippen molar-refractivity contribution in [3.05, 3.63) is 29.3 Å². The van der Waals surface area contributed by atoms with Gasteiger partial charge in [0.2, 0.25) is 11.8 Å². The van der Waals surface area contributed by atoms with Crippen LogP contribution in [0.2, 0.25) is 0 Å². The smallest absolute Gasteiger partial charge is 0.243 e. The second-order valence-electron chi connectivity index (χ2n) is 6.07. The minimum atomic E-state index is -0.201. The molecule has 1 saturated carbocycles. The zero-order valence-electron chi connectivity index (χ0n) is 13.7. The Hall–Kier alpha value is -1.59. The summed E-state index contributed by atoms with van der Waals surface area (Å²) in [5.74, 6) is -0.0441. The molecule has 2 atom stereocenters. The van der Waals surface area contributed by atoms with Crippen LogP contribution in [0.4, 0.5) is 5.69 Å². The maximum atomic E-state index is 12.2. The van der Waals surface area contributed by atoms with Crippen LogP contribution in [-0.4, -0.2) is 24.9 Å². The highest BCUT2D eigenvalue weighted by molar-refractivity contribution is 5.96. The number of halogens is 1. The average molecular weight is 340 g/mol. The van der Waals surface area contributed by atoms with Crippen LogP contribution in [0.15, 0.2) is 18.2 Å². The maximum Gasteiger partial charge on any atom is 0.243 e. The molecule has 128 valence electrons. The number of anilines is 1. The van der Waals surface area contributed by atoms with E-state index in [-0.39, 0.29) is 42.6 Å². The van der Waals surface area contributed by atoms with Crippen molar-refractivity contribution in [2.24, 2.45) is 17.6 Å². The minimum Gasteiger partial charge on any atom is -0.347 e. The van der Waals surface area contributed by atoms with Crippen LogP contribution in [-0.2, 0) is 9.59 Å². The molecule has 1 aromatic rings. The van der Waals surface area contributed by atoms with E-state index in [0.29, 0.717) is 6.54 Å². The molecule has 4 N–H and O–H groups in total. The number of aryl methyl sites for hydroxylation is 2. The van der Waals surface area contributed by atoms with Gasteiger partial charge in [-0.1, -0.05) is 24.6 Å². The summed E-state index contributed by atoms with van der Waals surface area (Å²) in [6.45, 7) is 4.43. The van der Waals surface area contributed by atoms with E-state index in [9.17, 15) is 9.59 Å². The lowest BCUT2D eigenvalue weighted by Gasteiger charge is -2.17. The molecular weight excluding hydrogens is 314 g/mol. The highest BCUT2D eigenvalue weighted by atomic mass is 35.5. The third-order valence-electron chi connectivity index (χ3n) is 4.47. The van der Waals surface area contributed by atoms with Crippen LogP contribution >= 0.6 is 12.4 Å². The first-order chi connectivity index (χ1) is 10.5. The number of nitrogens with two attached hydrogens (primary N) is 1. The van der Waals surface area contributed by atoms with E-state index in [2.05, 4.69) is 10.6 Å². The quantitative estimate of drug-likeness (QED) is 0.768. The molecule has 0 unspecified atom stereocenters. The molecule has 1 aliphatic rings. The Morgan fingerprint density at radius 3 is 2.48 bits per heavy atom. The molecule has 0 aromatic heterocycles. The molecule has 1 fully saturated rings. The molecule has 23 heavy (non-hydrogen) atoms. The number of carbonyl (C=O) groups excluding carboxylic acids is 2. The van der Waals surface area contributed by atoms with Gasteiger partial charge in [-0.25, -0.2) is 0 Å². The largest absolute Gasteiger partial charge is 0.347 e. The van der Waals surface area contributed by atoms with E-state index in [1.807, 2.05) is 32.0 Å². The molecule has 0 aliphatic heterocycles. The normalized spacial score (nSPS) is 19.8. The van der Waals surface area contributed by atoms with Crippen molar-refractivity contribution in [2.45, 2.75) is 33.1 Å². The Bertz CT molecular complexity index is 543. The topological polar surface area (TPSA) is 84.2 Å². The lowest BCUT2D eigenvalue weighted by molar-refractivity contribution is -0.128. The Kier molecular flexibility index (Phi) is 7.52. The van der Waals surface area contributed by atoms with E-state index in [0.717, 1.165) is 36.1 Å². The zero-order valence-corrected chi connectivity index (χ0v) is 14.5. The van der Waals surface area contributed by atoms with Crippen molar-refractivity contribution in [2.75, 3.05) is 18.4 Å². The molecule has 5 nitrogen and oxygen atoms in total. The lowest BCUT2D eigenvalue weighted by atomic mass is 9.95. The van der Waals surface area contributed by atoms with Gasteiger partial charge in [0.15, 0.2) is 0 Å². The summed E-state index contributed by atoms with van der Waals surface area (Å²) in [5, 5.41) is 5.61. The van der Waals surface area contributed by atoms with Gasteiger partial charge < -0.3 is 16.4 Å². The van der Waals surface area contributed by atoms with E-state index >= 15 is 0 Å². The lowest BCUT2D eigenvalue weighted by Crippen LogP contribution is -2.39. The number of amides is 2. The zero-order chi connectivity index (χ0) is 16.1. The molecular formula is C17H26ClN3O2. The number of hydrogen-bond donors (Lipinski definition) is 3. The summed E-state index contributed by atoms with van der Waals surface area (Å²) in [4.78, 5) is 24.2. The molecule has 6 heteroatoms. The highest BCUT2D eigenvalue weighted by Gasteiger charge is 2.31. The summed E-state index contributed by atoms with van der Waals surface area (Å²) in [7, 11) is 0. The first-order valence-electron chi connectivity index (χ1n) is 7.86. The van der Waals surface area contributed by atoms with Crippen LogP contribution in [0.3, 0.4) is 0 Å². The fourth-order valence-electron chi connectivity index (χ4n) is 3.16. The SMILES string of the molecule is Cc1cccc(C)c1NC(=O)CNC(=O)[C@@H]1CCC[C@@H]1CN.Cl. The number of rotatable bonds is 5. The second-order valence-corrected chi connectivity index (χ2v) is 6.07. The van der Waals surface area contributed by atoms with Crippen molar-refractivity contribution in [1.29, 1.82) is 0 Å². The summed E-state index contributed by atoms with van der Waals surface area (Å²) in [6, 6.07) is 5.85. The van der Waals surface area contributed by atoms with Gasteiger partial charge in [-0.15, -0.1) is 12.4 Å². The third kappa shape index (κ3) is 4.94. The van der Waals surface area contributed by atoms with Crippen LogP contribution < -0.4 is 16.4 Å². The average Bonchev–Trinajstić information content (AvgIpc) is 2.97. The van der Waals surface area contributed by atoms with Crippen molar-refractivity contribution in [3.63, 3.8) is 0 Å². The molecule has 0 radical (unpaired) electrons. The fourth-order valence-corrected chi connectivity index (χ4v) is 3.16. The Morgan fingerprint density at radius 2 is 1.87 bits per heavy atom. The molecule has 0 bridgehead atoms. The van der Waals surface area contributed by atoms with Gasteiger partial charge in [0.1, 0.15) is 0 Å². The van der Waals surface area contributed by atoms with Crippen molar-refractivity contribution in [3.8, 4) is 0 Å². The third-order valence-corrected chi connectivity index (χ3v) is 4.47. The Balaban J connectivity index is 0.00000264. The molecule has 1 aliphatic carbocycles. The minimum absolute atomic E-state index is 0. The van der Waals surface area contributed by atoms with Gasteiger partial charge in [0.05, 0.1) is 6.54 Å². The van der Waals surface area contributed by atoms with E-state index in [1.54, 1.807) is 0 Å². The standard InChI is InChI=1S/C17H25N3O2.ClH/c1-11-5-3-6-12(2)16(11)20-15(21)10-19-17(22)14-8-4-7-13(14)9-18;/h3,5-6,13-14H,4,7-10,18H2,1-2H3,(H,19,22)(H,20,21);1H/t13-,14-;/m1./s1. The van der Waals surface area contributed by atoms with Gasteiger partial charge in [-0.05, 0) is 50.3 Å². The van der Waals surface area contributed by atoms with Gasteiger partial charge in [0.25, 0.3) is 0 Å². The van der Waals surface area contributed by atoms with Gasteiger partial charge in [-0.2, -0.15) is 0 Å². The first-order valence-corrected chi connectivity index (χ1v) is 7.86. The van der Waals surface area contributed by atoms with Crippen molar-refractivity contribution >= 4 is 29.9 Å². The fraction of sp³-hybridized carbons (Fsp3) is 0.529. The van der Waals surface area contributed by atoms with Crippen LogP contribution in [0.5, 0.6) is 0 Å². The van der Waals surface area contributed by atoms with E-state index < -0.39 is 0 Å². The van der Waals surface area contributed by atoms with Gasteiger partial charge in [-0.3, -0.25) is 9.59 Å². The Labute approximate surface area is 143 Å². The molecule has 0 saturated heterocycles. The van der Waals surface area contributed by atoms with E-state index in [4.69, 9.17) is 5.73 Å². The number of benzene rings is 1. The summed E-state index contributed by atoms with van der Waals surface area (Å²) in [6.07, 6.45) is 2.91. The molecule has 2 rings (SSSR count). The molecule has 0 spiro atoms. The number of carbonyl (C=O) groups is 2. The Morgan fingerprint density at radius 1 is 1.22 bits per heavy atom. The number of nitrogens with one attached hydrogen (secondary N) is 2. The van der Waals surface area contributed by atoms with Crippen LogP contribution in [0.1, 0.15) is 30.4 Å². The predicted octanol–water partition coefficient (Wildman–Crippen LogP) is 2.15. The molecule has 1 aromatic carbocycles. The van der Waals surface area contributed by atoms with Gasteiger partial charge >= 0.3 is 0 Å². The monoisotopic (exact) mass is 339 g/mol. The van der Waals surface area contributed by atoms with E-state index in [1.165, 1.54) is 0 Å². The molecule has 2 amide bonds. The van der Waals surface area contributed by atoms with Crippen molar-refractivity contribution < 1.29 is 9.59 Å².